The molecule has 0 amide bonds. The number of fused-ring (bicyclic) bond motifs is 9. The van der Waals surface area contributed by atoms with Crippen LogP contribution < -0.4 is 0 Å². The van der Waals surface area contributed by atoms with Gasteiger partial charge in [-0.05, 0) is 59.7 Å². The van der Waals surface area contributed by atoms with Crippen molar-refractivity contribution in [3.05, 3.63) is 133 Å². The highest BCUT2D eigenvalue weighted by Crippen LogP contribution is 2.41. The fourth-order valence-corrected chi connectivity index (χ4v) is 6.60. The number of aromatic nitrogens is 2. The van der Waals surface area contributed by atoms with E-state index in [9.17, 15) is 0 Å². The molecule has 4 aromatic heterocycles. The number of hydrogen-bond donors (Lipinski definition) is 0. The monoisotopic (exact) mass is 578 g/mol. The molecule has 0 spiro atoms. The first kappa shape index (κ1) is 24.3. The van der Waals surface area contributed by atoms with Crippen molar-refractivity contribution in [2.75, 3.05) is 0 Å². The Hall–Kier alpha value is -6.20. The molecule has 0 unspecified atom stereocenters. The van der Waals surface area contributed by atoms with Crippen molar-refractivity contribution in [2.24, 2.45) is 0 Å². The molecule has 0 radical (unpaired) electrons. The fraction of sp³-hybridized carbons (Fsp3) is 0. The average Bonchev–Trinajstić information content (AvgIpc) is 3.78. The largest absolute Gasteiger partial charge is 0.456 e. The third-order valence-electron chi connectivity index (χ3n) is 8.71. The number of furan rings is 3. The van der Waals surface area contributed by atoms with Crippen LogP contribution in [0.4, 0.5) is 0 Å². The van der Waals surface area contributed by atoms with Crippen molar-refractivity contribution in [1.29, 1.82) is 0 Å². The molecule has 0 N–H and O–H groups in total. The fourth-order valence-electron chi connectivity index (χ4n) is 6.60. The van der Waals surface area contributed by atoms with Gasteiger partial charge in [-0.1, -0.05) is 84.9 Å². The zero-order valence-corrected chi connectivity index (χ0v) is 23.8. The topological polar surface area (TPSA) is 65.2 Å². The van der Waals surface area contributed by atoms with Gasteiger partial charge in [0.25, 0.3) is 0 Å². The van der Waals surface area contributed by atoms with Crippen molar-refractivity contribution < 1.29 is 13.3 Å². The predicted molar refractivity (Wildman–Crippen MR) is 180 cm³/mol. The number of hydrogen-bond acceptors (Lipinski definition) is 5. The highest BCUT2D eigenvalue weighted by atomic mass is 16.3. The summed E-state index contributed by atoms with van der Waals surface area (Å²) in [7, 11) is 0. The van der Waals surface area contributed by atoms with Gasteiger partial charge in [-0.3, -0.25) is 0 Å². The zero-order chi connectivity index (χ0) is 29.5. The van der Waals surface area contributed by atoms with E-state index in [4.69, 9.17) is 23.2 Å². The quantitative estimate of drug-likeness (QED) is 0.209. The van der Waals surface area contributed by atoms with Crippen LogP contribution in [0.2, 0.25) is 0 Å². The van der Waals surface area contributed by atoms with Crippen LogP contribution in [0.25, 0.3) is 99.7 Å². The number of benzene rings is 6. The molecule has 10 aromatic rings. The third-order valence-corrected chi connectivity index (χ3v) is 8.71. The second-order valence-electron chi connectivity index (χ2n) is 11.3. The van der Waals surface area contributed by atoms with Crippen LogP contribution in [0, 0.1) is 0 Å². The van der Waals surface area contributed by atoms with E-state index in [2.05, 4.69) is 60.7 Å². The van der Waals surface area contributed by atoms with Gasteiger partial charge in [0.05, 0.1) is 0 Å². The maximum atomic E-state index is 6.39. The summed E-state index contributed by atoms with van der Waals surface area (Å²) in [5.74, 6) is 0.623. The van der Waals surface area contributed by atoms with Gasteiger partial charge in [-0.2, -0.15) is 0 Å². The molecule has 0 aliphatic heterocycles. The lowest BCUT2D eigenvalue weighted by Gasteiger charge is -2.08. The van der Waals surface area contributed by atoms with Gasteiger partial charge in [0.1, 0.15) is 39.1 Å². The van der Waals surface area contributed by atoms with Crippen LogP contribution in [0.1, 0.15) is 0 Å². The van der Waals surface area contributed by atoms with Crippen LogP contribution in [-0.2, 0) is 0 Å². The summed E-state index contributed by atoms with van der Waals surface area (Å²) < 4.78 is 18.8. The summed E-state index contributed by atoms with van der Waals surface area (Å²) >= 11 is 0. The molecule has 0 fully saturated rings. The van der Waals surface area contributed by atoms with E-state index >= 15 is 0 Å². The molecule has 5 nitrogen and oxygen atoms in total. The standard InChI is InChI=1S/C40H22N2O3/c1-2-9-23(10-3-1)37-39-38(27-12-5-7-15-32(27)45-39)42-40(41-37)28-13-8-16-35-36(28)30-22-25(18-20-34(30)44-35)24-17-19-33-29(21-24)26-11-4-6-14-31(26)43-33/h1-22H. The van der Waals surface area contributed by atoms with Gasteiger partial charge in [-0.15, -0.1) is 0 Å². The van der Waals surface area contributed by atoms with E-state index in [1.165, 1.54) is 0 Å². The SMILES string of the molecule is c1ccc(-c2nc(-c3cccc4oc5ccc(-c6ccc7oc8ccccc8c7c6)cc5c34)nc3c2oc2ccccc23)cc1. The van der Waals surface area contributed by atoms with Gasteiger partial charge in [0.2, 0.25) is 0 Å². The van der Waals surface area contributed by atoms with Gasteiger partial charge >= 0.3 is 0 Å². The molecular formula is C40H22N2O3. The summed E-state index contributed by atoms with van der Waals surface area (Å²) in [6.45, 7) is 0. The Morgan fingerprint density at radius 3 is 1.84 bits per heavy atom. The lowest BCUT2D eigenvalue weighted by atomic mass is 9.99. The lowest BCUT2D eigenvalue weighted by molar-refractivity contribution is 0.667. The van der Waals surface area contributed by atoms with Crippen LogP contribution in [-0.4, -0.2) is 9.97 Å². The van der Waals surface area contributed by atoms with Crippen molar-refractivity contribution in [2.45, 2.75) is 0 Å². The van der Waals surface area contributed by atoms with Gasteiger partial charge in [-0.25, -0.2) is 9.97 Å². The zero-order valence-electron chi connectivity index (χ0n) is 23.8. The Bertz CT molecular complexity index is 2770. The molecule has 0 saturated carbocycles. The summed E-state index contributed by atoms with van der Waals surface area (Å²) in [6, 6.07) is 45.1. The van der Waals surface area contributed by atoms with E-state index in [0.29, 0.717) is 11.4 Å². The Morgan fingerprint density at radius 1 is 0.400 bits per heavy atom. The maximum Gasteiger partial charge on any atom is 0.180 e. The second-order valence-corrected chi connectivity index (χ2v) is 11.3. The smallest absolute Gasteiger partial charge is 0.180 e. The van der Waals surface area contributed by atoms with Crippen molar-refractivity contribution in [3.63, 3.8) is 0 Å². The minimum absolute atomic E-state index is 0.623. The maximum absolute atomic E-state index is 6.39. The molecule has 45 heavy (non-hydrogen) atoms. The van der Waals surface area contributed by atoms with Crippen LogP contribution >= 0.6 is 0 Å². The Balaban J connectivity index is 1.22. The normalized spacial score (nSPS) is 12.0. The van der Waals surface area contributed by atoms with E-state index in [0.717, 1.165) is 88.3 Å². The summed E-state index contributed by atoms with van der Waals surface area (Å²) in [4.78, 5) is 10.3. The van der Waals surface area contributed by atoms with Gasteiger partial charge in [0, 0.05) is 38.1 Å². The lowest BCUT2D eigenvalue weighted by Crippen LogP contribution is -1.94. The van der Waals surface area contributed by atoms with Crippen LogP contribution in [0.3, 0.4) is 0 Å². The highest BCUT2D eigenvalue weighted by molar-refractivity contribution is 6.14. The minimum Gasteiger partial charge on any atom is -0.456 e. The Morgan fingerprint density at radius 2 is 1.02 bits per heavy atom. The van der Waals surface area contributed by atoms with Gasteiger partial charge in [0.15, 0.2) is 11.4 Å². The molecule has 0 bridgehead atoms. The van der Waals surface area contributed by atoms with E-state index < -0.39 is 0 Å². The first-order valence-electron chi connectivity index (χ1n) is 14.9. The number of rotatable bonds is 3. The van der Waals surface area contributed by atoms with Crippen LogP contribution in [0.5, 0.6) is 0 Å². The predicted octanol–water partition coefficient (Wildman–Crippen LogP) is 11.2. The summed E-state index contributed by atoms with van der Waals surface area (Å²) in [6.07, 6.45) is 0. The Labute approximate surface area is 256 Å². The summed E-state index contributed by atoms with van der Waals surface area (Å²) in [5.41, 5.74) is 10.5. The number of para-hydroxylation sites is 2. The second kappa shape index (κ2) is 9.15. The molecule has 5 heteroatoms. The molecule has 10 rings (SSSR count). The Kier molecular flexibility index (Phi) is 4.93. The molecule has 4 heterocycles. The first-order chi connectivity index (χ1) is 22.3. The third kappa shape index (κ3) is 3.61. The first-order valence-corrected chi connectivity index (χ1v) is 14.9. The molecule has 0 aliphatic rings. The van der Waals surface area contributed by atoms with Crippen LogP contribution in [0.15, 0.2) is 147 Å². The molecule has 0 aliphatic carbocycles. The minimum atomic E-state index is 0.623. The van der Waals surface area contributed by atoms with Crippen molar-refractivity contribution in [3.8, 4) is 33.8 Å². The average molecular weight is 579 g/mol. The van der Waals surface area contributed by atoms with E-state index in [1.54, 1.807) is 0 Å². The molecule has 6 aromatic carbocycles. The summed E-state index contributed by atoms with van der Waals surface area (Å²) in [5, 5.41) is 5.16. The van der Waals surface area contributed by atoms with E-state index in [-0.39, 0.29) is 0 Å². The molecule has 0 saturated heterocycles. The van der Waals surface area contributed by atoms with Crippen molar-refractivity contribution in [1.82, 2.24) is 9.97 Å². The molecular weight excluding hydrogens is 556 g/mol. The van der Waals surface area contributed by atoms with E-state index in [1.807, 2.05) is 72.8 Å². The van der Waals surface area contributed by atoms with Crippen molar-refractivity contribution >= 4 is 65.9 Å². The van der Waals surface area contributed by atoms with Gasteiger partial charge < -0.3 is 13.3 Å². The molecule has 0 atom stereocenters. The molecule has 210 valence electrons. The highest BCUT2D eigenvalue weighted by Gasteiger charge is 2.21. The number of nitrogens with zero attached hydrogens (tertiary/aromatic N) is 2.